The van der Waals surface area contributed by atoms with Crippen molar-refractivity contribution in [2.45, 2.75) is 32.2 Å². The van der Waals surface area contributed by atoms with Crippen LogP contribution in [0.3, 0.4) is 0 Å². The van der Waals surface area contributed by atoms with Crippen molar-refractivity contribution in [1.82, 2.24) is 4.72 Å². The second kappa shape index (κ2) is 7.81. The number of hydrogen-bond donors (Lipinski definition) is 1. The summed E-state index contributed by atoms with van der Waals surface area (Å²) in [6.45, 7) is 6.02. The molecule has 0 fully saturated rings. The molecule has 2 aromatic carbocycles. The lowest BCUT2D eigenvalue weighted by Gasteiger charge is -2.14. The van der Waals surface area contributed by atoms with Gasteiger partial charge in [0, 0.05) is 10.9 Å². The highest BCUT2D eigenvalue weighted by Gasteiger charge is 2.18. The van der Waals surface area contributed by atoms with E-state index >= 15 is 0 Å². The van der Waals surface area contributed by atoms with Crippen molar-refractivity contribution in [2.75, 3.05) is 0 Å². The fourth-order valence-electron chi connectivity index (χ4n) is 2.04. The molecule has 0 spiro atoms. The minimum Gasteiger partial charge on any atom is -0.267 e. The molecule has 0 unspecified atom stereocenters. The van der Waals surface area contributed by atoms with Crippen molar-refractivity contribution in [3.63, 3.8) is 0 Å². The summed E-state index contributed by atoms with van der Waals surface area (Å²) in [5.74, 6) is 0.350. The average Bonchev–Trinajstić information content (AvgIpc) is 2.53. The Hall–Kier alpha value is -1.85. The largest absolute Gasteiger partial charge is 0.267 e. The van der Waals surface area contributed by atoms with Crippen LogP contribution in [0.25, 0.3) is 0 Å². The monoisotopic (exact) mass is 364 g/mol. The van der Waals surface area contributed by atoms with E-state index in [0.29, 0.717) is 17.4 Å². The van der Waals surface area contributed by atoms with Crippen molar-refractivity contribution in [3.8, 4) is 0 Å². The zero-order valence-electron chi connectivity index (χ0n) is 14.0. The fraction of sp³-hybridized carbons (Fsp3) is 0.278. The fourth-order valence-corrected chi connectivity index (χ4v) is 3.43. The third-order valence-corrected chi connectivity index (χ3v) is 5.23. The van der Waals surface area contributed by atoms with Crippen molar-refractivity contribution in [3.05, 3.63) is 64.7 Å². The number of aryl methyl sites for hydroxylation is 1. The lowest BCUT2D eigenvalue weighted by atomic mass is 10.2. The van der Waals surface area contributed by atoms with Crippen LogP contribution in [-0.4, -0.2) is 14.3 Å². The maximum atomic E-state index is 12.5. The van der Waals surface area contributed by atoms with E-state index in [1.165, 1.54) is 0 Å². The van der Waals surface area contributed by atoms with Crippen LogP contribution in [0.1, 0.15) is 25.0 Å². The van der Waals surface area contributed by atoms with Gasteiger partial charge in [-0.25, -0.2) is 8.42 Å². The Morgan fingerprint density at radius 3 is 2.33 bits per heavy atom. The number of sulfonamides is 1. The molecule has 0 bridgehead atoms. The van der Waals surface area contributed by atoms with Crippen molar-refractivity contribution < 1.29 is 8.42 Å². The quantitative estimate of drug-likeness (QED) is 0.639. The second-order valence-corrected chi connectivity index (χ2v) is 7.96. The Morgan fingerprint density at radius 2 is 1.75 bits per heavy atom. The van der Waals surface area contributed by atoms with Gasteiger partial charge in [-0.15, -0.1) is 0 Å². The zero-order valence-corrected chi connectivity index (χ0v) is 15.5. The molecule has 128 valence electrons. The average molecular weight is 365 g/mol. The van der Waals surface area contributed by atoms with E-state index in [1.807, 2.05) is 39.0 Å². The van der Waals surface area contributed by atoms with Crippen LogP contribution in [0.15, 0.2) is 58.4 Å². The van der Waals surface area contributed by atoms with Crippen LogP contribution >= 0.6 is 11.6 Å². The summed E-state index contributed by atoms with van der Waals surface area (Å²) in [4.78, 5) is 4.65. The minimum absolute atomic E-state index is 0.0623. The topological polar surface area (TPSA) is 58.5 Å². The summed E-state index contributed by atoms with van der Waals surface area (Å²) in [5, 5.41) is 0.616. The van der Waals surface area contributed by atoms with Gasteiger partial charge in [-0.1, -0.05) is 61.3 Å². The number of hydrogen-bond acceptors (Lipinski definition) is 3. The predicted molar refractivity (Wildman–Crippen MR) is 98.9 cm³/mol. The van der Waals surface area contributed by atoms with Crippen molar-refractivity contribution in [2.24, 2.45) is 10.9 Å². The van der Waals surface area contributed by atoms with E-state index in [4.69, 9.17) is 11.6 Å². The van der Waals surface area contributed by atoms with E-state index in [-0.39, 0.29) is 10.8 Å². The van der Waals surface area contributed by atoms with Crippen LogP contribution in [-0.2, 0) is 16.6 Å². The SMILES string of the molecule is Cc1ccc(S(=O)(=O)NC(=NCc2ccccc2Cl)C(C)C)cc1. The van der Waals surface area contributed by atoms with Gasteiger partial charge in [-0.3, -0.25) is 9.71 Å². The van der Waals surface area contributed by atoms with Gasteiger partial charge in [-0.05, 0) is 30.7 Å². The van der Waals surface area contributed by atoms with E-state index in [0.717, 1.165) is 11.1 Å². The Labute approximate surface area is 148 Å². The van der Waals surface area contributed by atoms with E-state index in [2.05, 4.69) is 9.71 Å². The first-order chi connectivity index (χ1) is 11.3. The summed E-state index contributed by atoms with van der Waals surface area (Å²) in [6.07, 6.45) is 0. The number of benzene rings is 2. The number of rotatable bonds is 5. The van der Waals surface area contributed by atoms with Crippen LogP contribution in [0.5, 0.6) is 0 Å². The highest BCUT2D eigenvalue weighted by molar-refractivity contribution is 7.90. The molecule has 2 rings (SSSR count). The van der Waals surface area contributed by atoms with Gasteiger partial charge in [0.25, 0.3) is 10.0 Å². The van der Waals surface area contributed by atoms with Crippen molar-refractivity contribution in [1.29, 1.82) is 0 Å². The molecule has 4 nitrogen and oxygen atoms in total. The molecule has 2 aromatic rings. The molecule has 0 radical (unpaired) electrons. The lowest BCUT2D eigenvalue weighted by molar-refractivity contribution is 0.590. The minimum atomic E-state index is -3.65. The molecule has 0 aliphatic rings. The lowest BCUT2D eigenvalue weighted by Crippen LogP contribution is -2.34. The van der Waals surface area contributed by atoms with Crippen LogP contribution in [0.4, 0.5) is 0 Å². The molecule has 0 aromatic heterocycles. The number of nitrogens with zero attached hydrogens (tertiary/aromatic N) is 1. The highest BCUT2D eigenvalue weighted by atomic mass is 35.5. The van der Waals surface area contributed by atoms with Crippen LogP contribution < -0.4 is 4.72 Å². The second-order valence-electron chi connectivity index (χ2n) is 5.87. The molecular formula is C18H21ClN2O2S. The standard InChI is InChI=1S/C18H21ClN2O2S/c1-13(2)18(20-12-15-6-4-5-7-17(15)19)21-24(22,23)16-10-8-14(3)9-11-16/h4-11,13H,12H2,1-3H3,(H,20,21). The predicted octanol–water partition coefficient (Wildman–Crippen LogP) is 4.18. The molecule has 24 heavy (non-hydrogen) atoms. The van der Waals surface area contributed by atoms with Gasteiger partial charge in [0.15, 0.2) is 0 Å². The first kappa shape index (κ1) is 18.5. The van der Waals surface area contributed by atoms with E-state index < -0.39 is 10.0 Å². The maximum Gasteiger partial charge on any atom is 0.262 e. The molecule has 1 N–H and O–H groups in total. The number of nitrogens with one attached hydrogen (secondary N) is 1. The molecule has 0 aliphatic carbocycles. The first-order valence-corrected chi connectivity index (χ1v) is 9.53. The third-order valence-electron chi connectivity index (χ3n) is 3.49. The number of aliphatic imine (C=N–C) groups is 1. The molecule has 0 atom stereocenters. The Morgan fingerprint density at radius 1 is 1.12 bits per heavy atom. The first-order valence-electron chi connectivity index (χ1n) is 7.67. The summed E-state index contributed by atoms with van der Waals surface area (Å²) in [7, 11) is -3.65. The molecule has 0 amide bonds. The molecule has 0 aliphatic heterocycles. The highest BCUT2D eigenvalue weighted by Crippen LogP contribution is 2.16. The number of amidine groups is 1. The molecule has 0 saturated carbocycles. The van der Waals surface area contributed by atoms with Crippen molar-refractivity contribution >= 4 is 27.5 Å². The van der Waals surface area contributed by atoms with Gasteiger partial charge in [0.2, 0.25) is 0 Å². The summed E-state index contributed by atoms with van der Waals surface area (Å²) in [6, 6.07) is 14.1. The maximum absolute atomic E-state index is 12.5. The van der Waals surface area contributed by atoms with Gasteiger partial charge in [-0.2, -0.15) is 0 Å². The normalized spacial score (nSPS) is 12.5. The third kappa shape index (κ3) is 4.82. The van der Waals surface area contributed by atoms with Crippen LogP contribution in [0.2, 0.25) is 5.02 Å². The van der Waals surface area contributed by atoms with Gasteiger partial charge < -0.3 is 0 Å². The van der Waals surface area contributed by atoms with E-state index in [9.17, 15) is 8.42 Å². The van der Waals surface area contributed by atoms with E-state index in [1.54, 1.807) is 30.3 Å². The van der Waals surface area contributed by atoms with Gasteiger partial charge in [0.1, 0.15) is 5.84 Å². The zero-order chi connectivity index (χ0) is 17.7. The summed E-state index contributed by atoms with van der Waals surface area (Å²) >= 11 is 6.12. The molecule has 0 saturated heterocycles. The Balaban J connectivity index is 2.23. The van der Waals surface area contributed by atoms with Gasteiger partial charge in [0.05, 0.1) is 11.4 Å². The molecule has 0 heterocycles. The Bertz CT molecular complexity index is 828. The Kier molecular flexibility index (Phi) is 6.02. The van der Waals surface area contributed by atoms with Gasteiger partial charge >= 0.3 is 0 Å². The summed E-state index contributed by atoms with van der Waals surface area (Å²) < 4.78 is 27.6. The number of halogens is 1. The molecule has 6 heteroatoms. The van der Waals surface area contributed by atoms with Crippen LogP contribution in [0, 0.1) is 12.8 Å². The molecular weight excluding hydrogens is 344 g/mol. The summed E-state index contributed by atoms with van der Waals surface area (Å²) in [5.41, 5.74) is 1.86. The smallest absolute Gasteiger partial charge is 0.262 e.